The lowest BCUT2D eigenvalue weighted by molar-refractivity contribution is -0.427. The molecule has 0 rings (SSSR count). The lowest BCUT2D eigenvalue weighted by atomic mass is 9.87. The van der Waals surface area contributed by atoms with Gasteiger partial charge in [-0.05, 0) is 13.3 Å². The highest BCUT2D eigenvalue weighted by Crippen LogP contribution is 2.59. The van der Waals surface area contributed by atoms with Crippen molar-refractivity contribution >= 4 is 5.97 Å². The van der Waals surface area contributed by atoms with Crippen LogP contribution in [0.1, 0.15) is 26.7 Å². The maximum atomic E-state index is 13.6. The predicted octanol–water partition coefficient (Wildman–Crippen LogP) is 7.27. The Kier molecular flexibility index (Phi) is 8.49. The van der Waals surface area contributed by atoms with E-state index in [9.17, 15) is 83.8 Å². The molecule has 0 bridgehead atoms. The maximum absolute atomic E-state index is 13.6. The van der Waals surface area contributed by atoms with Crippen LogP contribution in [0.5, 0.6) is 0 Å². The summed E-state index contributed by atoms with van der Waals surface area (Å²) in [6.45, 7) is -2.56. The van der Waals surface area contributed by atoms with Crippen LogP contribution in [0.15, 0.2) is 0 Å². The fourth-order valence-corrected chi connectivity index (χ4v) is 2.01. The summed E-state index contributed by atoms with van der Waals surface area (Å²) in [6, 6.07) is 0. The van der Waals surface area contributed by atoms with Crippen molar-refractivity contribution in [2.24, 2.45) is 5.41 Å². The quantitative estimate of drug-likeness (QED) is 0.206. The van der Waals surface area contributed by atoms with Gasteiger partial charge < -0.3 is 4.74 Å². The third-order valence-electron chi connectivity index (χ3n) is 4.75. The molecular formula is C15H12F18O2. The van der Waals surface area contributed by atoms with Gasteiger partial charge in [-0.25, -0.2) is 0 Å². The third kappa shape index (κ3) is 5.48. The van der Waals surface area contributed by atoms with Gasteiger partial charge in [-0.3, -0.25) is 4.79 Å². The van der Waals surface area contributed by atoms with E-state index in [0.29, 0.717) is 6.92 Å². The van der Waals surface area contributed by atoms with Crippen LogP contribution in [0.3, 0.4) is 0 Å². The highest BCUT2D eigenvalue weighted by molar-refractivity contribution is 5.77. The zero-order chi connectivity index (χ0) is 28.9. The molecule has 0 aliphatic carbocycles. The number of carbonyl (C=O) groups is 1. The number of esters is 1. The standard InChI is InChI=1S/C15H12F18O2/c1-3-7(2,14(28,29)30)6(34)35-5-10(20,21)8(16,17)4-9(18,19)11(22,23)12(24,25)13(26,27)15(31,32)33/h3-5H2,1-2H3. The van der Waals surface area contributed by atoms with E-state index in [1.165, 1.54) is 0 Å². The van der Waals surface area contributed by atoms with Crippen molar-refractivity contribution in [1.29, 1.82) is 0 Å². The smallest absolute Gasteiger partial charge is 0.458 e. The first-order chi connectivity index (χ1) is 14.9. The van der Waals surface area contributed by atoms with E-state index in [-0.39, 0.29) is 6.92 Å². The van der Waals surface area contributed by atoms with Crippen LogP contribution in [-0.2, 0) is 9.53 Å². The van der Waals surface area contributed by atoms with Crippen LogP contribution in [0.2, 0.25) is 0 Å². The summed E-state index contributed by atoms with van der Waals surface area (Å²) in [4.78, 5) is 11.4. The minimum absolute atomic E-state index is 0.0310. The van der Waals surface area contributed by atoms with Gasteiger partial charge in [0.25, 0.3) is 0 Å². The van der Waals surface area contributed by atoms with Gasteiger partial charge in [-0.1, -0.05) is 6.92 Å². The normalized spacial score (nSPS) is 17.3. The molecule has 210 valence electrons. The highest BCUT2D eigenvalue weighted by atomic mass is 19.4. The predicted molar refractivity (Wildman–Crippen MR) is 75.8 cm³/mol. The highest BCUT2D eigenvalue weighted by Gasteiger charge is 2.88. The molecule has 0 fully saturated rings. The summed E-state index contributed by atoms with van der Waals surface area (Å²) in [5.41, 5.74) is -3.62. The zero-order valence-electron chi connectivity index (χ0n) is 16.7. The summed E-state index contributed by atoms with van der Waals surface area (Å²) < 4.78 is 237. The molecule has 0 spiro atoms. The van der Waals surface area contributed by atoms with E-state index in [1.807, 2.05) is 0 Å². The number of hydrogen-bond donors (Lipinski definition) is 0. The van der Waals surface area contributed by atoms with Crippen molar-refractivity contribution in [2.75, 3.05) is 6.61 Å². The van der Waals surface area contributed by atoms with Crippen molar-refractivity contribution in [1.82, 2.24) is 0 Å². The maximum Gasteiger partial charge on any atom is 0.460 e. The van der Waals surface area contributed by atoms with Gasteiger partial charge in [-0.15, -0.1) is 0 Å². The number of hydrogen-bond acceptors (Lipinski definition) is 2. The number of ether oxygens (including phenoxy) is 1. The summed E-state index contributed by atoms with van der Waals surface area (Å²) in [6.07, 6.45) is -18.9. The number of carbonyl (C=O) groups excluding carboxylic acids is 1. The first-order valence-electron chi connectivity index (χ1n) is 8.47. The molecule has 0 aliphatic heterocycles. The first-order valence-corrected chi connectivity index (χ1v) is 8.47. The average Bonchev–Trinajstić information content (AvgIpc) is 2.61. The molecule has 0 amide bonds. The van der Waals surface area contributed by atoms with E-state index < -0.39 is 78.7 Å². The number of halogens is 18. The molecule has 35 heavy (non-hydrogen) atoms. The fourth-order valence-electron chi connectivity index (χ4n) is 2.01. The Balaban J connectivity index is 6.03. The first kappa shape index (κ1) is 33.2. The Morgan fingerprint density at radius 3 is 1.29 bits per heavy atom. The molecule has 1 atom stereocenters. The minimum Gasteiger partial charge on any atom is -0.458 e. The summed E-state index contributed by atoms with van der Waals surface area (Å²) >= 11 is 0. The topological polar surface area (TPSA) is 26.3 Å². The van der Waals surface area contributed by atoms with Crippen LogP contribution in [-0.4, -0.2) is 60.5 Å². The van der Waals surface area contributed by atoms with Crippen molar-refractivity contribution < 1.29 is 88.6 Å². The van der Waals surface area contributed by atoms with E-state index in [4.69, 9.17) is 0 Å². The molecule has 20 heteroatoms. The SMILES string of the molecule is CCC(C)(C(=O)OCC(F)(F)C(F)(F)CC(F)(F)C(F)(F)C(F)(F)C(F)(F)C(F)(F)F)C(F)(F)F. The van der Waals surface area contributed by atoms with E-state index in [0.717, 1.165) is 0 Å². The zero-order valence-corrected chi connectivity index (χ0v) is 16.7. The van der Waals surface area contributed by atoms with E-state index >= 15 is 0 Å². The second kappa shape index (κ2) is 8.95. The van der Waals surface area contributed by atoms with Gasteiger partial charge in [-0.2, -0.15) is 79.0 Å². The Morgan fingerprint density at radius 2 is 0.971 bits per heavy atom. The second-order valence-corrected chi connectivity index (χ2v) is 7.27. The monoisotopic (exact) mass is 566 g/mol. The molecule has 0 aromatic heterocycles. The molecule has 2 nitrogen and oxygen atoms in total. The Morgan fingerprint density at radius 1 is 0.571 bits per heavy atom. The average molecular weight is 566 g/mol. The molecule has 0 N–H and O–H groups in total. The molecule has 1 unspecified atom stereocenters. The molecule has 0 saturated heterocycles. The molecule has 0 saturated carbocycles. The molecule has 0 aromatic carbocycles. The minimum atomic E-state index is -8.16. The molecule has 0 radical (unpaired) electrons. The van der Waals surface area contributed by atoms with E-state index in [2.05, 4.69) is 4.74 Å². The van der Waals surface area contributed by atoms with Crippen LogP contribution in [0, 0.1) is 5.41 Å². The summed E-state index contributed by atoms with van der Waals surface area (Å²) in [5.74, 6) is -47.3. The van der Waals surface area contributed by atoms with Crippen molar-refractivity contribution in [3.8, 4) is 0 Å². The van der Waals surface area contributed by atoms with Crippen molar-refractivity contribution in [3.63, 3.8) is 0 Å². The number of alkyl halides is 18. The van der Waals surface area contributed by atoms with E-state index in [1.54, 1.807) is 0 Å². The van der Waals surface area contributed by atoms with Crippen LogP contribution in [0.25, 0.3) is 0 Å². The van der Waals surface area contributed by atoms with Gasteiger partial charge in [0.2, 0.25) is 0 Å². The lowest BCUT2D eigenvalue weighted by Gasteiger charge is -2.39. The molecule has 0 heterocycles. The molecule has 0 aliphatic rings. The van der Waals surface area contributed by atoms with Crippen LogP contribution >= 0.6 is 0 Å². The summed E-state index contributed by atoms with van der Waals surface area (Å²) in [5, 5.41) is 0. The molecule has 0 aromatic rings. The van der Waals surface area contributed by atoms with Gasteiger partial charge in [0.05, 0.1) is 6.42 Å². The second-order valence-electron chi connectivity index (χ2n) is 7.27. The third-order valence-corrected chi connectivity index (χ3v) is 4.75. The van der Waals surface area contributed by atoms with Crippen LogP contribution < -0.4 is 0 Å². The largest absolute Gasteiger partial charge is 0.460 e. The van der Waals surface area contributed by atoms with Gasteiger partial charge >= 0.3 is 53.9 Å². The Hall–Kier alpha value is -1.79. The van der Waals surface area contributed by atoms with Crippen LogP contribution in [0.4, 0.5) is 79.0 Å². The van der Waals surface area contributed by atoms with Gasteiger partial charge in [0, 0.05) is 0 Å². The summed E-state index contributed by atoms with van der Waals surface area (Å²) in [7, 11) is 0. The number of rotatable bonds is 10. The molecular weight excluding hydrogens is 554 g/mol. The Labute approximate surface area is 182 Å². The van der Waals surface area contributed by atoms with Gasteiger partial charge in [0.1, 0.15) is 0 Å². The lowest BCUT2D eigenvalue weighted by Crippen LogP contribution is -2.67. The fraction of sp³-hybridized carbons (Fsp3) is 0.933. The van der Waals surface area contributed by atoms with Crippen molar-refractivity contribution in [3.05, 3.63) is 0 Å². The van der Waals surface area contributed by atoms with Crippen molar-refractivity contribution in [2.45, 2.75) is 74.6 Å². The van der Waals surface area contributed by atoms with Gasteiger partial charge in [0.15, 0.2) is 12.0 Å². The Bertz CT molecular complexity index is 765.